The van der Waals surface area contributed by atoms with Crippen LogP contribution in [-0.4, -0.2) is 34.9 Å². The van der Waals surface area contributed by atoms with Gasteiger partial charge in [-0.05, 0) is 38.3 Å². The number of furan rings is 1. The van der Waals surface area contributed by atoms with Gasteiger partial charge < -0.3 is 14.6 Å². The second kappa shape index (κ2) is 6.92. The van der Waals surface area contributed by atoms with E-state index in [4.69, 9.17) is 4.42 Å². The molecule has 0 bridgehead atoms. The molecule has 0 spiro atoms. The molecule has 1 saturated heterocycles. The first kappa shape index (κ1) is 16.9. The zero-order valence-corrected chi connectivity index (χ0v) is 14.2. The van der Waals surface area contributed by atoms with Gasteiger partial charge >= 0.3 is 0 Å². The van der Waals surface area contributed by atoms with Crippen molar-refractivity contribution in [1.82, 2.24) is 10.3 Å². The number of pyridine rings is 1. The number of piperidine rings is 1. The molecule has 0 aliphatic carbocycles. The number of anilines is 1. The van der Waals surface area contributed by atoms with E-state index in [9.17, 15) is 14.9 Å². The van der Waals surface area contributed by atoms with Crippen LogP contribution in [0.4, 0.5) is 11.5 Å². The van der Waals surface area contributed by atoms with Crippen molar-refractivity contribution < 1.29 is 14.1 Å². The summed E-state index contributed by atoms with van der Waals surface area (Å²) in [6.45, 7) is 5.12. The number of nitrogens with one attached hydrogen (secondary N) is 1. The third-order valence-corrected chi connectivity index (χ3v) is 4.45. The fourth-order valence-electron chi connectivity index (χ4n) is 3.08. The first-order chi connectivity index (χ1) is 12.0. The van der Waals surface area contributed by atoms with Crippen molar-refractivity contribution in [2.75, 3.05) is 18.0 Å². The Morgan fingerprint density at radius 3 is 2.64 bits per heavy atom. The highest BCUT2D eigenvalue weighted by Crippen LogP contribution is 2.24. The van der Waals surface area contributed by atoms with Gasteiger partial charge in [-0.3, -0.25) is 14.9 Å². The molecule has 1 amide bonds. The highest BCUT2D eigenvalue weighted by molar-refractivity contribution is 5.93. The van der Waals surface area contributed by atoms with Gasteiger partial charge in [-0.1, -0.05) is 0 Å². The lowest BCUT2D eigenvalue weighted by atomic mass is 10.0. The number of nitrogens with zero attached hydrogens (tertiary/aromatic N) is 3. The smallest absolute Gasteiger partial charge is 0.287 e. The van der Waals surface area contributed by atoms with E-state index in [1.54, 1.807) is 6.07 Å². The molecular formula is C17H20N4O4. The second-order valence-corrected chi connectivity index (χ2v) is 6.26. The van der Waals surface area contributed by atoms with Crippen LogP contribution in [0, 0.1) is 24.0 Å². The largest absolute Gasteiger partial charge is 0.459 e. The van der Waals surface area contributed by atoms with Gasteiger partial charge in [0.25, 0.3) is 11.6 Å². The molecule has 0 atom stereocenters. The molecule has 0 radical (unpaired) electrons. The number of aromatic nitrogens is 1. The van der Waals surface area contributed by atoms with E-state index in [0.717, 1.165) is 42.9 Å². The Bertz CT molecular complexity index is 794. The van der Waals surface area contributed by atoms with E-state index in [2.05, 4.69) is 15.2 Å². The molecule has 8 heteroatoms. The van der Waals surface area contributed by atoms with E-state index in [1.807, 2.05) is 13.8 Å². The van der Waals surface area contributed by atoms with Crippen LogP contribution in [0.5, 0.6) is 0 Å². The first-order valence-electron chi connectivity index (χ1n) is 8.16. The summed E-state index contributed by atoms with van der Waals surface area (Å²) in [7, 11) is 0. The zero-order valence-electron chi connectivity index (χ0n) is 14.2. The van der Waals surface area contributed by atoms with Gasteiger partial charge in [0.2, 0.25) is 0 Å². The molecule has 1 aliphatic rings. The fraction of sp³-hybridized carbons (Fsp3) is 0.412. The minimum atomic E-state index is -0.442. The molecule has 2 aromatic rings. The molecule has 8 nitrogen and oxygen atoms in total. The Morgan fingerprint density at radius 1 is 1.36 bits per heavy atom. The Labute approximate surface area is 145 Å². The number of hydrogen-bond acceptors (Lipinski definition) is 6. The number of nitro groups is 1. The van der Waals surface area contributed by atoms with Crippen molar-refractivity contribution >= 4 is 17.4 Å². The van der Waals surface area contributed by atoms with Crippen molar-refractivity contribution in [3.8, 4) is 0 Å². The minimum Gasteiger partial charge on any atom is -0.459 e. The highest BCUT2D eigenvalue weighted by Gasteiger charge is 2.24. The predicted molar refractivity (Wildman–Crippen MR) is 91.8 cm³/mol. The van der Waals surface area contributed by atoms with Crippen LogP contribution in [0.25, 0.3) is 0 Å². The Kier molecular flexibility index (Phi) is 4.69. The predicted octanol–water partition coefficient (Wildman–Crippen LogP) is 2.60. The quantitative estimate of drug-likeness (QED) is 0.676. The lowest BCUT2D eigenvalue weighted by Gasteiger charge is -2.33. The maximum atomic E-state index is 12.2. The number of amides is 1. The van der Waals surface area contributed by atoms with Gasteiger partial charge in [0.15, 0.2) is 5.76 Å². The molecule has 0 saturated carbocycles. The molecule has 3 heterocycles. The molecule has 1 N–H and O–H groups in total. The minimum absolute atomic E-state index is 0.00258. The summed E-state index contributed by atoms with van der Waals surface area (Å²) < 4.78 is 5.22. The van der Waals surface area contributed by atoms with Gasteiger partial charge in [0, 0.05) is 30.8 Å². The summed E-state index contributed by atoms with van der Waals surface area (Å²) >= 11 is 0. The average Bonchev–Trinajstić information content (AvgIpc) is 3.02. The number of rotatable bonds is 4. The molecule has 1 fully saturated rings. The summed E-state index contributed by atoms with van der Waals surface area (Å²) in [6.07, 6.45) is 4.36. The number of hydrogen-bond donors (Lipinski definition) is 1. The molecule has 1 aliphatic heterocycles. The van der Waals surface area contributed by atoms with Crippen molar-refractivity contribution in [3.05, 3.63) is 51.6 Å². The maximum absolute atomic E-state index is 12.2. The van der Waals surface area contributed by atoms with Gasteiger partial charge in [-0.2, -0.15) is 0 Å². The van der Waals surface area contributed by atoms with Gasteiger partial charge in [0.1, 0.15) is 12.0 Å². The second-order valence-electron chi connectivity index (χ2n) is 6.26. The van der Waals surface area contributed by atoms with Gasteiger partial charge in [-0.25, -0.2) is 4.98 Å². The Balaban J connectivity index is 1.59. The van der Waals surface area contributed by atoms with Crippen LogP contribution >= 0.6 is 0 Å². The first-order valence-corrected chi connectivity index (χ1v) is 8.16. The third-order valence-electron chi connectivity index (χ3n) is 4.45. The summed E-state index contributed by atoms with van der Waals surface area (Å²) in [6, 6.07) is 3.38. The summed E-state index contributed by atoms with van der Waals surface area (Å²) in [5.74, 6) is 0.929. The van der Waals surface area contributed by atoms with Crippen molar-refractivity contribution in [2.24, 2.45) is 0 Å². The third kappa shape index (κ3) is 3.62. The van der Waals surface area contributed by atoms with Gasteiger partial charge in [0.05, 0.1) is 11.2 Å². The summed E-state index contributed by atoms with van der Waals surface area (Å²) in [5, 5.41) is 13.8. The van der Waals surface area contributed by atoms with E-state index >= 15 is 0 Å². The van der Waals surface area contributed by atoms with E-state index in [0.29, 0.717) is 5.76 Å². The lowest BCUT2D eigenvalue weighted by Crippen LogP contribution is -2.45. The number of carbonyl (C=O) groups is 1. The summed E-state index contributed by atoms with van der Waals surface area (Å²) in [5.41, 5.74) is 1.60. The Hall–Kier alpha value is -2.90. The topological polar surface area (TPSA) is 102 Å². The van der Waals surface area contributed by atoms with Gasteiger partial charge in [-0.15, -0.1) is 0 Å². The van der Waals surface area contributed by atoms with Crippen LogP contribution in [0.2, 0.25) is 0 Å². The number of carbonyl (C=O) groups excluding carboxylic acids is 1. The van der Waals surface area contributed by atoms with Crippen molar-refractivity contribution in [1.29, 1.82) is 0 Å². The molecule has 2 aromatic heterocycles. The van der Waals surface area contributed by atoms with Crippen LogP contribution in [-0.2, 0) is 0 Å². The maximum Gasteiger partial charge on any atom is 0.287 e. The number of aryl methyl sites for hydroxylation is 2. The van der Waals surface area contributed by atoms with Crippen LogP contribution in [0.1, 0.15) is 34.5 Å². The standard InChI is InChI=1S/C17H20N4O4/c1-11-5-8-25-15(11)17(22)19-13-3-6-20(7-4-13)16-12(2)9-14(10-18-16)21(23)24/h5,8-10,13H,3-4,6-7H2,1-2H3,(H,19,22). The van der Waals surface area contributed by atoms with Crippen LogP contribution < -0.4 is 10.2 Å². The van der Waals surface area contributed by atoms with E-state index in [1.165, 1.54) is 18.5 Å². The van der Waals surface area contributed by atoms with Crippen molar-refractivity contribution in [3.63, 3.8) is 0 Å². The molecule has 0 aromatic carbocycles. The van der Waals surface area contributed by atoms with Crippen LogP contribution in [0.3, 0.4) is 0 Å². The molecule has 132 valence electrons. The Morgan fingerprint density at radius 2 is 2.08 bits per heavy atom. The van der Waals surface area contributed by atoms with Crippen LogP contribution in [0.15, 0.2) is 29.0 Å². The summed E-state index contributed by atoms with van der Waals surface area (Å²) in [4.78, 5) is 28.9. The highest BCUT2D eigenvalue weighted by atomic mass is 16.6. The molecule has 3 rings (SSSR count). The molecule has 0 unspecified atom stereocenters. The molecular weight excluding hydrogens is 324 g/mol. The lowest BCUT2D eigenvalue weighted by molar-refractivity contribution is -0.385. The zero-order chi connectivity index (χ0) is 18.0. The monoisotopic (exact) mass is 344 g/mol. The average molecular weight is 344 g/mol. The van der Waals surface area contributed by atoms with Crippen molar-refractivity contribution in [2.45, 2.75) is 32.7 Å². The van der Waals surface area contributed by atoms with E-state index in [-0.39, 0.29) is 17.6 Å². The fourth-order valence-corrected chi connectivity index (χ4v) is 3.08. The van der Waals surface area contributed by atoms with E-state index < -0.39 is 4.92 Å². The SMILES string of the molecule is Cc1cc([N+](=O)[O-])cnc1N1CCC(NC(=O)c2occc2C)CC1. The normalized spacial score (nSPS) is 15.2. The molecule has 25 heavy (non-hydrogen) atoms.